The van der Waals surface area contributed by atoms with Crippen molar-refractivity contribution in [1.82, 2.24) is 5.32 Å². The van der Waals surface area contributed by atoms with Gasteiger partial charge in [0.2, 0.25) is 5.91 Å². The molecule has 1 atom stereocenters. The number of carbonyl (C=O) groups is 1. The third kappa shape index (κ3) is 4.69. The number of hydrogen-bond acceptors (Lipinski definition) is 3. The Bertz CT molecular complexity index is 445. The Kier molecular flexibility index (Phi) is 6.82. The Morgan fingerprint density at radius 1 is 1.50 bits per heavy atom. The van der Waals surface area contributed by atoms with Gasteiger partial charge in [-0.1, -0.05) is 6.07 Å². The first kappa shape index (κ1) is 16.8. The first-order valence-corrected chi connectivity index (χ1v) is 6.87. The zero-order valence-corrected chi connectivity index (χ0v) is 12.9. The molecule has 1 aromatic carbocycles. The molecule has 2 N–H and O–H groups in total. The highest BCUT2D eigenvalue weighted by atomic mass is 35.5. The maximum atomic E-state index is 11.9. The lowest BCUT2D eigenvalue weighted by atomic mass is 10.1. The van der Waals surface area contributed by atoms with E-state index in [1.165, 1.54) is 12.8 Å². The largest absolute Gasteiger partial charge is 0.495 e. The number of aryl methyl sites for hydroxylation is 1. The smallest absolute Gasteiger partial charge is 0.224 e. The van der Waals surface area contributed by atoms with E-state index in [2.05, 4.69) is 10.6 Å². The Morgan fingerprint density at radius 2 is 2.30 bits per heavy atom. The summed E-state index contributed by atoms with van der Waals surface area (Å²) in [6.07, 6.45) is 3.86. The van der Waals surface area contributed by atoms with E-state index in [-0.39, 0.29) is 18.3 Å². The molecule has 1 aliphatic rings. The van der Waals surface area contributed by atoms with Gasteiger partial charge in [-0.05, 0) is 50.4 Å². The van der Waals surface area contributed by atoms with Gasteiger partial charge in [0, 0.05) is 12.5 Å². The number of methoxy groups -OCH3 is 1. The van der Waals surface area contributed by atoms with Crippen LogP contribution in [0.1, 0.15) is 31.2 Å². The molecule has 1 fully saturated rings. The summed E-state index contributed by atoms with van der Waals surface area (Å²) >= 11 is 0. The van der Waals surface area contributed by atoms with Crippen molar-refractivity contribution in [3.63, 3.8) is 0 Å². The number of amides is 1. The number of carbonyl (C=O) groups excluding carboxylic acids is 1. The molecule has 2 rings (SSSR count). The third-order valence-corrected chi connectivity index (χ3v) is 3.51. The van der Waals surface area contributed by atoms with Gasteiger partial charge in [-0.25, -0.2) is 0 Å². The molecule has 0 spiro atoms. The van der Waals surface area contributed by atoms with Gasteiger partial charge < -0.3 is 15.4 Å². The predicted octanol–water partition coefficient (Wildman–Crippen LogP) is 2.90. The monoisotopic (exact) mass is 298 g/mol. The highest BCUT2D eigenvalue weighted by Gasteiger charge is 2.15. The summed E-state index contributed by atoms with van der Waals surface area (Å²) in [6, 6.07) is 6.29. The van der Waals surface area contributed by atoms with Crippen LogP contribution >= 0.6 is 12.4 Å². The topological polar surface area (TPSA) is 50.4 Å². The second kappa shape index (κ2) is 8.12. The maximum absolute atomic E-state index is 11.9. The van der Waals surface area contributed by atoms with E-state index in [9.17, 15) is 4.79 Å². The molecule has 1 saturated heterocycles. The fourth-order valence-electron chi connectivity index (χ4n) is 2.42. The Labute approximate surface area is 126 Å². The van der Waals surface area contributed by atoms with E-state index in [0.717, 1.165) is 24.2 Å². The van der Waals surface area contributed by atoms with Crippen LogP contribution < -0.4 is 15.4 Å². The average Bonchev–Trinajstić information content (AvgIpc) is 2.91. The molecule has 0 bridgehead atoms. The molecule has 20 heavy (non-hydrogen) atoms. The van der Waals surface area contributed by atoms with E-state index in [0.29, 0.717) is 18.2 Å². The minimum Gasteiger partial charge on any atom is -0.495 e. The Hall–Kier alpha value is -1.26. The number of hydrogen-bond donors (Lipinski definition) is 2. The average molecular weight is 299 g/mol. The summed E-state index contributed by atoms with van der Waals surface area (Å²) in [5, 5.41) is 6.32. The Balaban J connectivity index is 0.00000200. The van der Waals surface area contributed by atoms with Crippen LogP contribution in [0.5, 0.6) is 5.75 Å². The summed E-state index contributed by atoms with van der Waals surface area (Å²) in [5.74, 6) is 0.767. The van der Waals surface area contributed by atoms with Gasteiger partial charge in [-0.3, -0.25) is 4.79 Å². The highest BCUT2D eigenvalue weighted by molar-refractivity contribution is 5.92. The molecular formula is C15H23ClN2O2. The van der Waals surface area contributed by atoms with Crippen molar-refractivity contribution < 1.29 is 9.53 Å². The number of halogens is 1. The SMILES string of the molecule is COc1cc(C)ccc1NC(=O)CCC1CCCN1.Cl. The van der Waals surface area contributed by atoms with Crippen LogP contribution in [0.2, 0.25) is 0 Å². The molecule has 0 radical (unpaired) electrons. The third-order valence-electron chi connectivity index (χ3n) is 3.51. The molecule has 1 amide bonds. The Morgan fingerprint density at radius 3 is 2.95 bits per heavy atom. The fourth-order valence-corrected chi connectivity index (χ4v) is 2.42. The van der Waals surface area contributed by atoms with E-state index < -0.39 is 0 Å². The van der Waals surface area contributed by atoms with Crippen molar-refractivity contribution in [2.45, 2.75) is 38.6 Å². The van der Waals surface area contributed by atoms with Gasteiger partial charge in [0.15, 0.2) is 0 Å². The normalized spacial score (nSPS) is 17.4. The first-order valence-electron chi connectivity index (χ1n) is 6.87. The quantitative estimate of drug-likeness (QED) is 0.879. The van der Waals surface area contributed by atoms with Crippen LogP contribution in [-0.2, 0) is 4.79 Å². The van der Waals surface area contributed by atoms with E-state index in [1.54, 1.807) is 7.11 Å². The molecular weight excluding hydrogens is 276 g/mol. The zero-order chi connectivity index (χ0) is 13.7. The molecule has 1 aliphatic heterocycles. The summed E-state index contributed by atoms with van der Waals surface area (Å²) in [7, 11) is 1.62. The number of ether oxygens (including phenoxy) is 1. The molecule has 0 aliphatic carbocycles. The fraction of sp³-hybridized carbons (Fsp3) is 0.533. The van der Waals surface area contributed by atoms with Gasteiger partial charge in [-0.15, -0.1) is 12.4 Å². The van der Waals surface area contributed by atoms with Gasteiger partial charge in [0.1, 0.15) is 5.75 Å². The molecule has 1 heterocycles. The molecule has 4 nitrogen and oxygen atoms in total. The maximum Gasteiger partial charge on any atom is 0.224 e. The van der Waals surface area contributed by atoms with Crippen molar-refractivity contribution in [1.29, 1.82) is 0 Å². The summed E-state index contributed by atoms with van der Waals surface area (Å²) in [4.78, 5) is 11.9. The molecule has 112 valence electrons. The lowest BCUT2D eigenvalue weighted by Gasteiger charge is -2.12. The summed E-state index contributed by atoms with van der Waals surface area (Å²) < 4.78 is 5.28. The molecule has 1 aromatic rings. The lowest BCUT2D eigenvalue weighted by Crippen LogP contribution is -2.23. The first-order chi connectivity index (χ1) is 9.19. The van der Waals surface area contributed by atoms with Crippen LogP contribution in [0.15, 0.2) is 18.2 Å². The minimum absolute atomic E-state index is 0. The van der Waals surface area contributed by atoms with Crippen molar-refractivity contribution in [3.8, 4) is 5.75 Å². The summed E-state index contributed by atoms with van der Waals surface area (Å²) in [6.45, 7) is 3.08. The predicted molar refractivity (Wildman–Crippen MR) is 83.9 cm³/mol. The van der Waals surface area contributed by atoms with E-state index >= 15 is 0 Å². The van der Waals surface area contributed by atoms with Gasteiger partial charge >= 0.3 is 0 Å². The van der Waals surface area contributed by atoms with Crippen molar-refractivity contribution in [3.05, 3.63) is 23.8 Å². The summed E-state index contributed by atoms with van der Waals surface area (Å²) in [5.41, 5.74) is 1.86. The van der Waals surface area contributed by atoms with Crippen LogP contribution in [0, 0.1) is 6.92 Å². The van der Waals surface area contributed by atoms with E-state index in [1.807, 2.05) is 25.1 Å². The second-order valence-electron chi connectivity index (χ2n) is 5.08. The molecule has 1 unspecified atom stereocenters. The van der Waals surface area contributed by atoms with Gasteiger partial charge in [0.25, 0.3) is 0 Å². The molecule has 0 saturated carbocycles. The second-order valence-corrected chi connectivity index (χ2v) is 5.08. The van der Waals surface area contributed by atoms with Gasteiger partial charge in [-0.2, -0.15) is 0 Å². The van der Waals surface area contributed by atoms with Crippen LogP contribution in [-0.4, -0.2) is 25.6 Å². The molecule has 5 heteroatoms. The highest BCUT2D eigenvalue weighted by Crippen LogP contribution is 2.25. The number of rotatable bonds is 5. The standard InChI is InChI=1S/C15H22N2O2.ClH/c1-11-5-7-13(14(10-11)19-2)17-15(18)8-6-12-4-3-9-16-12;/h5,7,10,12,16H,3-4,6,8-9H2,1-2H3,(H,17,18);1H. The van der Waals surface area contributed by atoms with Crippen molar-refractivity contribution in [2.24, 2.45) is 0 Å². The number of nitrogens with one attached hydrogen (secondary N) is 2. The lowest BCUT2D eigenvalue weighted by molar-refractivity contribution is -0.116. The minimum atomic E-state index is 0. The number of anilines is 1. The zero-order valence-electron chi connectivity index (χ0n) is 12.1. The van der Waals surface area contributed by atoms with E-state index in [4.69, 9.17) is 4.74 Å². The van der Waals surface area contributed by atoms with Crippen LogP contribution in [0.4, 0.5) is 5.69 Å². The van der Waals surface area contributed by atoms with Crippen LogP contribution in [0.25, 0.3) is 0 Å². The van der Waals surface area contributed by atoms with Crippen LogP contribution in [0.3, 0.4) is 0 Å². The van der Waals surface area contributed by atoms with Crippen molar-refractivity contribution >= 4 is 24.0 Å². The van der Waals surface area contributed by atoms with Gasteiger partial charge in [0.05, 0.1) is 12.8 Å². The molecule has 0 aromatic heterocycles. The number of benzene rings is 1. The van der Waals surface area contributed by atoms with Crippen molar-refractivity contribution in [2.75, 3.05) is 19.0 Å².